The van der Waals surface area contributed by atoms with Crippen molar-refractivity contribution in [1.82, 2.24) is 4.98 Å². The molecule has 3 rings (SSSR count). The van der Waals surface area contributed by atoms with Crippen LogP contribution in [0.4, 0.5) is 0 Å². The third kappa shape index (κ3) is 2.03. The quantitative estimate of drug-likeness (QED) is 0.769. The number of aromatic nitrogens is 1. The summed E-state index contributed by atoms with van der Waals surface area (Å²) in [6.45, 7) is 1.97. The van der Waals surface area contributed by atoms with Crippen molar-refractivity contribution in [2.45, 2.75) is 43.1 Å². The minimum Gasteiger partial charge on any atom is -0.292 e. The number of hydrogen-bond donors (Lipinski definition) is 0. The molecule has 0 N–H and O–H groups in total. The first kappa shape index (κ1) is 12.0. The van der Waals surface area contributed by atoms with Gasteiger partial charge in [0.25, 0.3) is 0 Å². The van der Waals surface area contributed by atoms with Crippen molar-refractivity contribution in [3.8, 4) is 0 Å². The molecule has 3 heterocycles. The molecule has 0 spiro atoms. The van der Waals surface area contributed by atoms with E-state index < -0.39 is 10.8 Å². The van der Waals surface area contributed by atoms with Gasteiger partial charge in [-0.25, -0.2) is 0 Å². The van der Waals surface area contributed by atoms with Crippen LogP contribution in [-0.4, -0.2) is 25.5 Å². The van der Waals surface area contributed by atoms with E-state index in [1.165, 1.54) is 0 Å². The van der Waals surface area contributed by atoms with Crippen molar-refractivity contribution in [3.05, 3.63) is 29.6 Å². The summed E-state index contributed by atoms with van der Waals surface area (Å²) in [4.78, 5) is 16.6. The Morgan fingerprint density at radius 1 is 1.33 bits per heavy atom. The van der Waals surface area contributed by atoms with Crippen LogP contribution in [0.1, 0.15) is 41.7 Å². The molecule has 0 radical (unpaired) electrons. The standard InChI is InChI=1S/C14H17NO2S/c1-9-4-5-15-13(6-9)14(16)10-7-11-2-3-12(8-10)18(11)17/h4-6,10-12H,2-3,7-8H2,1H3. The highest BCUT2D eigenvalue weighted by atomic mass is 32.2. The fourth-order valence-corrected chi connectivity index (χ4v) is 5.25. The SMILES string of the molecule is Cc1ccnc(C(=O)C2CC3CCC(C2)S3=O)c1. The first-order valence-corrected chi connectivity index (χ1v) is 7.79. The number of fused-ring (bicyclic) bond motifs is 2. The van der Waals surface area contributed by atoms with E-state index in [2.05, 4.69) is 4.98 Å². The zero-order valence-electron chi connectivity index (χ0n) is 10.5. The summed E-state index contributed by atoms with van der Waals surface area (Å²) in [5.41, 5.74) is 1.64. The molecule has 2 saturated heterocycles. The van der Waals surface area contributed by atoms with Crippen LogP contribution < -0.4 is 0 Å². The molecule has 2 fully saturated rings. The van der Waals surface area contributed by atoms with Crippen LogP contribution in [0.2, 0.25) is 0 Å². The van der Waals surface area contributed by atoms with Crippen LogP contribution >= 0.6 is 0 Å². The minimum atomic E-state index is -0.689. The number of nitrogens with zero attached hydrogens (tertiary/aromatic N) is 1. The molecule has 2 bridgehead atoms. The lowest BCUT2D eigenvalue weighted by Crippen LogP contribution is -2.32. The maximum absolute atomic E-state index is 12.4. The molecule has 0 amide bonds. The van der Waals surface area contributed by atoms with E-state index in [9.17, 15) is 9.00 Å². The number of ketones is 1. The number of aryl methyl sites for hydroxylation is 1. The second-order valence-electron chi connectivity index (χ2n) is 5.40. The Balaban J connectivity index is 1.80. The van der Waals surface area contributed by atoms with E-state index in [-0.39, 0.29) is 22.2 Å². The average Bonchev–Trinajstić information content (AvgIpc) is 2.61. The van der Waals surface area contributed by atoms with Gasteiger partial charge in [0.05, 0.1) is 0 Å². The van der Waals surface area contributed by atoms with Crippen molar-refractivity contribution in [3.63, 3.8) is 0 Å². The second-order valence-corrected chi connectivity index (χ2v) is 7.39. The maximum Gasteiger partial charge on any atom is 0.184 e. The molecule has 0 saturated carbocycles. The molecule has 2 aliphatic rings. The Morgan fingerprint density at radius 2 is 2.00 bits per heavy atom. The van der Waals surface area contributed by atoms with E-state index in [4.69, 9.17) is 0 Å². The van der Waals surface area contributed by atoms with Crippen LogP contribution in [-0.2, 0) is 10.8 Å². The summed E-state index contributed by atoms with van der Waals surface area (Å²) in [5, 5.41) is 0.505. The largest absolute Gasteiger partial charge is 0.292 e. The van der Waals surface area contributed by atoms with Gasteiger partial charge < -0.3 is 0 Å². The molecule has 18 heavy (non-hydrogen) atoms. The molecule has 3 nitrogen and oxygen atoms in total. The molecular weight excluding hydrogens is 246 g/mol. The predicted molar refractivity (Wildman–Crippen MR) is 71.0 cm³/mol. The van der Waals surface area contributed by atoms with Crippen molar-refractivity contribution >= 4 is 16.6 Å². The third-order valence-electron chi connectivity index (χ3n) is 4.10. The van der Waals surface area contributed by atoms with E-state index >= 15 is 0 Å². The normalized spacial score (nSPS) is 34.5. The molecule has 1 aromatic rings. The molecule has 0 aromatic carbocycles. The highest BCUT2D eigenvalue weighted by Gasteiger charge is 2.43. The Morgan fingerprint density at radius 3 is 2.61 bits per heavy atom. The molecule has 1 aromatic heterocycles. The number of hydrogen-bond acceptors (Lipinski definition) is 3. The molecule has 0 aliphatic carbocycles. The lowest BCUT2D eigenvalue weighted by Gasteiger charge is -2.25. The number of rotatable bonds is 2. The van der Waals surface area contributed by atoms with E-state index in [1.807, 2.05) is 19.1 Å². The lowest BCUT2D eigenvalue weighted by molar-refractivity contribution is 0.0901. The summed E-state index contributed by atoms with van der Waals surface area (Å²) in [6.07, 6.45) is 5.33. The Hall–Kier alpha value is -1.03. The van der Waals surface area contributed by atoms with Gasteiger partial charge in [-0.1, -0.05) is 0 Å². The van der Waals surface area contributed by atoms with Crippen molar-refractivity contribution in [2.75, 3.05) is 0 Å². The molecule has 4 heteroatoms. The van der Waals surface area contributed by atoms with Gasteiger partial charge in [0.15, 0.2) is 5.78 Å². The van der Waals surface area contributed by atoms with Gasteiger partial charge in [0.1, 0.15) is 5.69 Å². The van der Waals surface area contributed by atoms with Gasteiger partial charge in [-0.3, -0.25) is 14.0 Å². The van der Waals surface area contributed by atoms with Crippen LogP contribution in [0, 0.1) is 12.8 Å². The number of pyridine rings is 1. The van der Waals surface area contributed by atoms with Gasteiger partial charge in [0, 0.05) is 33.4 Å². The lowest BCUT2D eigenvalue weighted by atomic mass is 9.92. The van der Waals surface area contributed by atoms with Crippen LogP contribution in [0.25, 0.3) is 0 Å². The summed E-state index contributed by atoms with van der Waals surface area (Å²) < 4.78 is 11.9. The second kappa shape index (κ2) is 4.57. The summed E-state index contributed by atoms with van der Waals surface area (Å²) in [7, 11) is -0.689. The van der Waals surface area contributed by atoms with Crippen molar-refractivity contribution in [2.24, 2.45) is 5.92 Å². The Labute approximate surface area is 109 Å². The van der Waals surface area contributed by atoms with Crippen molar-refractivity contribution < 1.29 is 9.00 Å². The number of Topliss-reactive ketones (excluding diaryl/α,β-unsaturated/α-hetero) is 1. The van der Waals surface area contributed by atoms with Gasteiger partial charge in [-0.05, 0) is 50.3 Å². The van der Waals surface area contributed by atoms with Gasteiger partial charge in [-0.15, -0.1) is 0 Å². The monoisotopic (exact) mass is 263 g/mol. The number of carbonyl (C=O) groups is 1. The van der Waals surface area contributed by atoms with Gasteiger partial charge >= 0.3 is 0 Å². The third-order valence-corrected chi connectivity index (χ3v) is 6.27. The van der Waals surface area contributed by atoms with Crippen LogP contribution in [0.5, 0.6) is 0 Å². The van der Waals surface area contributed by atoms with Crippen molar-refractivity contribution in [1.29, 1.82) is 0 Å². The smallest absolute Gasteiger partial charge is 0.184 e. The Bertz CT molecular complexity index is 498. The molecular formula is C14H17NO2S. The maximum atomic E-state index is 12.4. The predicted octanol–water partition coefficient (Wildman–Crippen LogP) is 2.26. The topological polar surface area (TPSA) is 47.0 Å². The molecule has 96 valence electrons. The highest BCUT2D eigenvalue weighted by Crippen LogP contribution is 2.39. The zero-order valence-corrected chi connectivity index (χ0v) is 11.3. The summed E-state index contributed by atoms with van der Waals surface area (Å²) in [6, 6.07) is 3.76. The Kier molecular flexibility index (Phi) is 3.06. The molecule has 2 atom stereocenters. The summed E-state index contributed by atoms with van der Waals surface area (Å²) in [5.74, 6) is 0.182. The van der Waals surface area contributed by atoms with Gasteiger partial charge in [-0.2, -0.15) is 0 Å². The fourth-order valence-electron chi connectivity index (χ4n) is 3.13. The van der Waals surface area contributed by atoms with Crippen LogP contribution in [0.3, 0.4) is 0 Å². The molecule has 2 unspecified atom stereocenters. The average molecular weight is 263 g/mol. The van der Waals surface area contributed by atoms with Crippen LogP contribution in [0.15, 0.2) is 18.3 Å². The number of carbonyl (C=O) groups excluding carboxylic acids is 1. The zero-order chi connectivity index (χ0) is 12.7. The van der Waals surface area contributed by atoms with E-state index in [0.717, 1.165) is 31.2 Å². The first-order chi connectivity index (χ1) is 8.65. The summed E-state index contributed by atoms with van der Waals surface area (Å²) >= 11 is 0. The minimum absolute atomic E-state index is 0.0366. The van der Waals surface area contributed by atoms with E-state index in [1.54, 1.807) is 6.20 Å². The fraction of sp³-hybridized carbons (Fsp3) is 0.571. The van der Waals surface area contributed by atoms with E-state index in [0.29, 0.717) is 5.69 Å². The highest BCUT2D eigenvalue weighted by molar-refractivity contribution is 7.86. The first-order valence-electron chi connectivity index (χ1n) is 6.51. The molecule has 2 aliphatic heterocycles. The van der Waals surface area contributed by atoms with Gasteiger partial charge in [0.2, 0.25) is 0 Å².